The summed E-state index contributed by atoms with van der Waals surface area (Å²) < 4.78 is 4.51. The lowest BCUT2D eigenvalue weighted by molar-refractivity contribution is -0.314. The molecule has 0 amide bonds. The summed E-state index contributed by atoms with van der Waals surface area (Å²) in [5.41, 5.74) is 0. The van der Waals surface area contributed by atoms with Crippen molar-refractivity contribution in [1.82, 2.24) is 0 Å². The second-order valence-corrected chi connectivity index (χ2v) is 5.70. The minimum atomic E-state index is -2.90. The standard InChI is InChI=1S/C16H30O6/c1-2-3-4-5-6-7-8-9-10-11-14(17)22-15(18)12-13-16(19,20)21/h19-21H,2-13H2,1H3. The van der Waals surface area contributed by atoms with Crippen LogP contribution in [0.2, 0.25) is 0 Å². The molecule has 0 rings (SSSR count). The number of aliphatic hydroxyl groups is 3. The number of rotatable bonds is 13. The first-order chi connectivity index (χ1) is 10.3. The first-order valence-corrected chi connectivity index (χ1v) is 8.26. The van der Waals surface area contributed by atoms with Crippen molar-refractivity contribution in [2.24, 2.45) is 0 Å². The zero-order chi connectivity index (χ0) is 16.8. The Bertz CT molecular complexity index is 308. The van der Waals surface area contributed by atoms with Crippen LogP contribution in [-0.2, 0) is 14.3 Å². The van der Waals surface area contributed by atoms with Crippen LogP contribution in [0, 0.1) is 0 Å². The van der Waals surface area contributed by atoms with Gasteiger partial charge in [-0.3, -0.25) is 9.59 Å². The predicted octanol–water partition coefficient (Wildman–Crippen LogP) is 2.39. The van der Waals surface area contributed by atoms with E-state index in [2.05, 4.69) is 11.7 Å². The van der Waals surface area contributed by atoms with Crippen molar-refractivity contribution in [2.45, 2.75) is 89.9 Å². The van der Waals surface area contributed by atoms with Gasteiger partial charge in [-0.1, -0.05) is 58.3 Å². The molecule has 130 valence electrons. The smallest absolute Gasteiger partial charge is 0.313 e. The van der Waals surface area contributed by atoms with Crippen molar-refractivity contribution in [3.8, 4) is 0 Å². The van der Waals surface area contributed by atoms with Crippen molar-refractivity contribution in [3.05, 3.63) is 0 Å². The van der Waals surface area contributed by atoms with Crippen LogP contribution < -0.4 is 0 Å². The van der Waals surface area contributed by atoms with Crippen LogP contribution in [0.25, 0.3) is 0 Å². The van der Waals surface area contributed by atoms with Crippen molar-refractivity contribution in [1.29, 1.82) is 0 Å². The van der Waals surface area contributed by atoms with Crippen molar-refractivity contribution >= 4 is 11.9 Å². The van der Waals surface area contributed by atoms with Crippen LogP contribution in [0.15, 0.2) is 0 Å². The van der Waals surface area contributed by atoms with E-state index in [1.807, 2.05) is 0 Å². The SMILES string of the molecule is CCCCCCCCCCCC(=O)OC(=O)CCC(O)(O)O. The molecule has 0 aliphatic heterocycles. The number of carbonyl (C=O) groups is 2. The third-order valence-corrected chi connectivity index (χ3v) is 3.38. The highest BCUT2D eigenvalue weighted by Gasteiger charge is 2.21. The average molecular weight is 318 g/mol. The molecule has 0 aromatic rings. The monoisotopic (exact) mass is 318 g/mol. The maximum atomic E-state index is 11.4. The van der Waals surface area contributed by atoms with Gasteiger partial charge in [0.1, 0.15) is 0 Å². The van der Waals surface area contributed by atoms with Gasteiger partial charge in [-0.25, -0.2) is 0 Å². The molecule has 0 atom stereocenters. The van der Waals surface area contributed by atoms with Gasteiger partial charge in [-0.15, -0.1) is 0 Å². The fourth-order valence-corrected chi connectivity index (χ4v) is 2.08. The van der Waals surface area contributed by atoms with Gasteiger partial charge in [0.2, 0.25) is 0 Å². The Labute approximate surface area is 132 Å². The lowest BCUT2D eigenvalue weighted by Gasteiger charge is -2.12. The zero-order valence-corrected chi connectivity index (χ0v) is 13.6. The van der Waals surface area contributed by atoms with Gasteiger partial charge >= 0.3 is 11.9 Å². The predicted molar refractivity (Wildman–Crippen MR) is 81.6 cm³/mol. The first kappa shape index (κ1) is 21.0. The van der Waals surface area contributed by atoms with Gasteiger partial charge in [0.25, 0.3) is 5.97 Å². The van der Waals surface area contributed by atoms with E-state index in [1.54, 1.807) is 0 Å². The van der Waals surface area contributed by atoms with Crippen molar-refractivity contribution < 1.29 is 29.6 Å². The van der Waals surface area contributed by atoms with Gasteiger partial charge in [0, 0.05) is 12.8 Å². The number of esters is 2. The maximum Gasteiger partial charge on any atom is 0.313 e. The van der Waals surface area contributed by atoms with Crippen LogP contribution in [0.3, 0.4) is 0 Å². The molecule has 0 aromatic carbocycles. The summed E-state index contributed by atoms with van der Waals surface area (Å²) in [6.07, 6.45) is 9.38. The van der Waals surface area contributed by atoms with E-state index in [4.69, 9.17) is 15.3 Å². The highest BCUT2D eigenvalue weighted by Crippen LogP contribution is 2.11. The van der Waals surface area contributed by atoms with Gasteiger partial charge < -0.3 is 20.1 Å². The van der Waals surface area contributed by atoms with E-state index in [9.17, 15) is 9.59 Å². The van der Waals surface area contributed by atoms with E-state index >= 15 is 0 Å². The van der Waals surface area contributed by atoms with E-state index < -0.39 is 30.8 Å². The van der Waals surface area contributed by atoms with Gasteiger partial charge in [-0.2, -0.15) is 0 Å². The maximum absolute atomic E-state index is 11.4. The summed E-state index contributed by atoms with van der Waals surface area (Å²) in [6, 6.07) is 0. The molecule has 22 heavy (non-hydrogen) atoms. The van der Waals surface area contributed by atoms with E-state index in [0.29, 0.717) is 6.42 Å². The molecule has 0 aromatic heterocycles. The number of carbonyl (C=O) groups excluding carboxylic acids is 2. The Hall–Kier alpha value is -0.980. The fraction of sp³-hybridized carbons (Fsp3) is 0.875. The molecule has 0 heterocycles. The third-order valence-electron chi connectivity index (χ3n) is 3.38. The number of hydrogen-bond acceptors (Lipinski definition) is 6. The van der Waals surface area contributed by atoms with Crippen LogP contribution >= 0.6 is 0 Å². The topological polar surface area (TPSA) is 104 Å². The Balaban J connectivity index is 3.44. The van der Waals surface area contributed by atoms with Gasteiger partial charge in [0.15, 0.2) is 0 Å². The number of unbranched alkanes of at least 4 members (excludes halogenated alkanes) is 8. The lowest BCUT2D eigenvalue weighted by atomic mass is 10.1. The summed E-state index contributed by atoms with van der Waals surface area (Å²) >= 11 is 0. The third kappa shape index (κ3) is 15.4. The molecule has 6 heteroatoms. The lowest BCUT2D eigenvalue weighted by Crippen LogP contribution is -2.28. The zero-order valence-electron chi connectivity index (χ0n) is 13.6. The quantitative estimate of drug-likeness (QED) is 0.208. The highest BCUT2D eigenvalue weighted by atomic mass is 16.7. The number of hydrogen-bond donors (Lipinski definition) is 3. The summed E-state index contributed by atoms with van der Waals surface area (Å²) in [4.78, 5) is 22.5. The Morgan fingerprint density at radius 1 is 0.773 bits per heavy atom. The minimum absolute atomic E-state index is 0.185. The summed E-state index contributed by atoms with van der Waals surface area (Å²) in [5.74, 6) is -4.37. The Morgan fingerprint density at radius 3 is 1.73 bits per heavy atom. The molecule has 6 nitrogen and oxygen atoms in total. The van der Waals surface area contributed by atoms with E-state index in [-0.39, 0.29) is 6.42 Å². The number of ether oxygens (including phenoxy) is 1. The summed E-state index contributed by atoms with van der Waals surface area (Å²) in [5, 5.41) is 25.8. The van der Waals surface area contributed by atoms with Crippen LogP contribution in [0.5, 0.6) is 0 Å². The van der Waals surface area contributed by atoms with Gasteiger partial charge in [-0.05, 0) is 6.42 Å². The molecule has 0 spiro atoms. The molecule has 0 fully saturated rings. The molecule has 0 radical (unpaired) electrons. The van der Waals surface area contributed by atoms with Crippen LogP contribution in [-0.4, -0.2) is 33.2 Å². The molecule has 3 N–H and O–H groups in total. The van der Waals surface area contributed by atoms with Crippen molar-refractivity contribution in [2.75, 3.05) is 0 Å². The molecule has 0 aliphatic rings. The van der Waals surface area contributed by atoms with Crippen LogP contribution in [0.1, 0.15) is 84.0 Å². The molecule has 0 saturated heterocycles. The largest absolute Gasteiger partial charge is 0.393 e. The molecule has 0 saturated carbocycles. The highest BCUT2D eigenvalue weighted by molar-refractivity contribution is 5.85. The van der Waals surface area contributed by atoms with Gasteiger partial charge in [0.05, 0.1) is 6.42 Å². The summed E-state index contributed by atoms with van der Waals surface area (Å²) in [6.45, 7) is 2.19. The Kier molecular flexibility index (Phi) is 12.0. The molecule has 0 unspecified atom stereocenters. The Morgan fingerprint density at radius 2 is 1.23 bits per heavy atom. The molecular weight excluding hydrogens is 288 g/mol. The second-order valence-electron chi connectivity index (χ2n) is 5.70. The normalized spacial score (nSPS) is 11.5. The average Bonchev–Trinajstić information content (AvgIpc) is 2.42. The van der Waals surface area contributed by atoms with Crippen molar-refractivity contribution in [3.63, 3.8) is 0 Å². The summed E-state index contributed by atoms with van der Waals surface area (Å²) in [7, 11) is 0. The minimum Gasteiger partial charge on any atom is -0.393 e. The molecule has 0 bridgehead atoms. The fourth-order valence-electron chi connectivity index (χ4n) is 2.08. The molecule has 0 aliphatic carbocycles. The van der Waals surface area contributed by atoms with Crippen LogP contribution in [0.4, 0.5) is 0 Å². The second kappa shape index (κ2) is 12.6. The van der Waals surface area contributed by atoms with E-state index in [0.717, 1.165) is 12.8 Å². The molecular formula is C16H30O6. The van der Waals surface area contributed by atoms with E-state index in [1.165, 1.54) is 38.5 Å². The first-order valence-electron chi connectivity index (χ1n) is 8.26.